The molecule has 0 amide bonds. The van der Waals surface area contributed by atoms with Crippen LogP contribution >= 0.6 is 0 Å². The van der Waals surface area contributed by atoms with Gasteiger partial charge in [0.05, 0.1) is 6.26 Å². The number of furan rings is 1. The molecule has 1 aromatic heterocycles. The van der Waals surface area contributed by atoms with Crippen LogP contribution in [0, 0.1) is 12.8 Å². The van der Waals surface area contributed by atoms with Crippen LogP contribution in [0.25, 0.3) is 6.08 Å². The van der Waals surface area contributed by atoms with Gasteiger partial charge >= 0.3 is 0 Å². The zero-order valence-corrected chi connectivity index (χ0v) is 12.8. The Morgan fingerprint density at radius 3 is 2.24 bits per heavy atom. The van der Waals surface area contributed by atoms with E-state index in [1.54, 1.807) is 6.26 Å². The minimum absolute atomic E-state index is 0.505. The minimum atomic E-state index is 0.505. The normalized spacial score (nSPS) is 10.7. The molecule has 3 nitrogen and oxygen atoms in total. The molecule has 110 valence electrons. The molecule has 0 saturated carbocycles. The molecule has 0 fully saturated rings. The van der Waals surface area contributed by atoms with Crippen molar-refractivity contribution in [3.63, 3.8) is 0 Å². The first-order chi connectivity index (χ1) is 10.3. The fraction of sp³-hybridized carbons (Fsp3) is 0.167. The van der Waals surface area contributed by atoms with Crippen LogP contribution in [0.1, 0.15) is 32.1 Å². The number of terminal acetylenes is 1. The second-order valence-electron chi connectivity index (χ2n) is 3.66. The highest BCUT2D eigenvalue weighted by Gasteiger charge is 1.97. The van der Waals surface area contributed by atoms with E-state index in [1.165, 1.54) is 0 Å². The molecular formula is C18H22N2O. The lowest BCUT2D eigenvalue weighted by Gasteiger charge is -2.00. The topological polar surface area (TPSA) is 51.5 Å². The highest BCUT2D eigenvalue weighted by atomic mass is 16.3. The monoisotopic (exact) mass is 282 g/mol. The summed E-state index contributed by atoms with van der Waals surface area (Å²) >= 11 is 0. The van der Waals surface area contributed by atoms with Gasteiger partial charge in [0.25, 0.3) is 0 Å². The van der Waals surface area contributed by atoms with Gasteiger partial charge in [0.15, 0.2) is 0 Å². The van der Waals surface area contributed by atoms with Crippen molar-refractivity contribution in [3.05, 3.63) is 65.7 Å². The minimum Gasteiger partial charge on any atom is -0.465 e. The largest absolute Gasteiger partial charge is 0.465 e. The summed E-state index contributed by atoms with van der Waals surface area (Å²) in [6, 6.07) is 13.4. The second-order valence-corrected chi connectivity index (χ2v) is 3.66. The van der Waals surface area contributed by atoms with Crippen molar-refractivity contribution in [2.45, 2.75) is 20.8 Å². The van der Waals surface area contributed by atoms with Crippen molar-refractivity contribution in [3.8, 4) is 12.8 Å². The standard InChI is InChI=1S/C14H14N2O.C2H6.C2H2/c1-11(10-13-8-5-9-17-13)16-14(15)12-6-3-2-4-7-12;2*1-2/h2-10H,1H3,(H2,15,16);1-2H3;1-2H/b11-10-;;. The van der Waals surface area contributed by atoms with Crippen LogP contribution in [-0.4, -0.2) is 5.84 Å². The molecular weight excluding hydrogens is 260 g/mol. The average Bonchev–Trinajstić information content (AvgIpc) is 3.05. The number of aliphatic imine (C=N–C) groups is 1. The molecule has 1 heterocycles. The molecule has 0 radical (unpaired) electrons. The van der Waals surface area contributed by atoms with Gasteiger partial charge in [0.2, 0.25) is 0 Å². The Morgan fingerprint density at radius 1 is 1.10 bits per heavy atom. The molecule has 0 aliphatic heterocycles. The van der Waals surface area contributed by atoms with E-state index in [0.29, 0.717) is 5.84 Å². The molecule has 0 aliphatic rings. The van der Waals surface area contributed by atoms with Crippen LogP contribution in [-0.2, 0) is 0 Å². The number of allylic oxidation sites excluding steroid dienone is 1. The summed E-state index contributed by atoms with van der Waals surface area (Å²) in [4.78, 5) is 4.32. The van der Waals surface area contributed by atoms with E-state index in [9.17, 15) is 0 Å². The van der Waals surface area contributed by atoms with E-state index in [4.69, 9.17) is 10.2 Å². The first kappa shape index (κ1) is 18.3. The van der Waals surface area contributed by atoms with Gasteiger partial charge in [-0.15, -0.1) is 12.8 Å². The number of hydrogen-bond donors (Lipinski definition) is 1. The summed E-state index contributed by atoms with van der Waals surface area (Å²) in [6.45, 7) is 5.89. The Bertz CT molecular complexity index is 564. The molecule has 21 heavy (non-hydrogen) atoms. The van der Waals surface area contributed by atoms with Crippen LogP contribution in [0.5, 0.6) is 0 Å². The molecule has 0 bridgehead atoms. The molecule has 0 spiro atoms. The maximum atomic E-state index is 5.90. The Hall–Kier alpha value is -2.73. The fourth-order valence-corrected chi connectivity index (χ4v) is 1.48. The van der Waals surface area contributed by atoms with Crippen LogP contribution < -0.4 is 5.73 Å². The SMILES string of the molecule is C#C.C/C(=C/c1ccco1)N=C(N)c1ccccc1.CC. The van der Waals surface area contributed by atoms with Gasteiger partial charge in [0, 0.05) is 17.3 Å². The number of rotatable bonds is 3. The smallest absolute Gasteiger partial charge is 0.130 e. The van der Waals surface area contributed by atoms with Crippen LogP contribution in [0.2, 0.25) is 0 Å². The number of benzene rings is 1. The van der Waals surface area contributed by atoms with Gasteiger partial charge in [0.1, 0.15) is 11.6 Å². The average molecular weight is 282 g/mol. The quantitative estimate of drug-likeness (QED) is 0.518. The number of nitrogens with zero attached hydrogens (tertiary/aromatic N) is 1. The Labute approximate surface area is 127 Å². The van der Waals surface area contributed by atoms with Crippen molar-refractivity contribution in [1.29, 1.82) is 0 Å². The third-order valence-electron chi connectivity index (χ3n) is 2.26. The van der Waals surface area contributed by atoms with Crippen molar-refractivity contribution in [1.82, 2.24) is 0 Å². The molecule has 0 aliphatic carbocycles. The zero-order chi connectivity index (χ0) is 16.1. The molecule has 2 aromatic rings. The first-order valence-electron chi connectivity index (χ1n) is 6.70. The lowest BCUT2D eigenvalue weighted by atomic mass is 10.2. The summed E-state index contributed by atoms with van der Waals surface area (Å²) in [5, 5.41) is 0. The summed E-state index contributed by atoms with van der Waals surface area (Å²) < 4.78 is 5.20. The first-order valence-corrected chi connectivity index (χ1v) is 6.70. The second kappa shape index (κ2) is 11.1. The van der Waals surface area contributed by atoms with E-state index in [2.05, 4.69) is 17.8 Å². The maximum absolute atomic E-state index is 5.90. The highest BCUT2D eigenvalue weighted by molar-refractivity contribution is 5.98. The Kier molecular flexibility index (Phi) is 9.68. The van der Waals surface area contributed by atoms with E-state index >= 15 is 0 Å². The van der Waals surface area contributed by atoms with Crippen LogP contribution in [0.4, 0.5) is 0 Å². The van der Waals surface area contributed by atoms with Crippen molar-refractivity contribution in [2.75, 3.05) is 0 Å². The number of amidine groups is 1. The van der Waals surface area contributed by atoms with Crippen molar-refractivity contribution in [2.24, 2.45) is 10.7 Å². The van der Waals surface area contributed by atoms with E-state index in [-0.39, 0.29) is 0 Å². The van der Waals surface area contributed by atoms with Crippen molar-refractivity contribution >= 4 is 11.9 Å². The van der Waals surface area contributed by atoms with Crippen LogP contribution in [0.15, 0.2) is 63.8 Å². The molecule has 0 saturated heterocycles. The molecule has 0 atom stereocenters. The Balaban J connectivity index is 0.000000921. The lowest BCUT2D eigenvalue weighted by molar-refractivity contribution is 0.556. The van der Waals surface area contributed by atoms with Gasteiger partial charge in [-0.3, -0.25) is 0 Å². The van der Waals surface area contributed by atoms with Gasteiger partial charge in [-0.2, -0.15) is 0 Å². The molecule has 0 unspecified atom stereocenters. The van der Waals surface area contributed by atoms with E-state index < -0.39 is 0 Å². The summed E-state index contributed by atoms with van der Waals surface area (Å²) in [5.74, 6) is 1.28. The maximum Gasteiger partial charge on any atom is 0.130 e. The molecule has 1 aromatic carbocycles. The summed E-state index contributed by atoms with van der Waals surface area (Å²) in [6.07, 6.45) is 11.5. The molecule has 3 heteroatoms. The lowest BCUT2D eigenvalue weighted by Crippen LogP contribution is -2.12. The molecule has 2 rings (SSSR count). The van der Waals surface area contributed by atoms with E-state index in [1.807, 2.05) is 69.3 Å². The number of hydrogen-bond acceptors (Lipinski definition) is 2. The van der Waals surface area contributed by atoms with Gasteiger partial charge in [-0.1, -0.05) is 44.2 Å². The zero-order valence-electron chi connectivity index (χ0n) is 12.8. The van der Waals surface area contributed by atoms with Crippen molar-refractivity contribution < 1.29 is 4.42 Å². The van der Waals surface area contributed by atoms with Crippen LogP contribution in [0.3, 0.4) is 0 Å². The third-order valence-corrected chi connectivity index (χ3v) is 2.26. The van der Waals surface area contributed by atoms with Gasteiger partial charge in [-0.25, -0.2) is 4.99 Å². The highest BCUT2D eigenvalue weighted by Crippen LogP contribution is 2.09. The molecule has 2 N–H and O–H groups in total. The van der Waals surface area contributed by atoms with Gasteiger partial charge < -0.3 is 10.2 Å². The van der Waals surface area contributed by atoms with Gasteiger partial charge in [-0.05, 0) is 19.1 Å². The van der Waals surface area contributed by atoms with E-state index in [0.717, 1.165) is 17.0 Å². The predicted molar refractivity (Wildman–Crippen MR) is 90.8 cm³/mol. The fourth-order valence-electron chi connectivity index (χ4n) is 1.48. The third kappa shape index (κ3) is 6.84. The predicted octanol–water partition coefficient (Wildman–Crippen LogP) is 4.32. The summed E-state index contributed by atoms with van der Waals surface area (Å²) in [7, 11) is 0. The number of nitrogens with two attached hydrogens (primary N) is 1. The summed E-state index contributed by atoms with van der Waals surface area (Å²) in [5.41, 5.74) is 7.63. The Morgan fingerprint density at radius 2 is 1.71 bits per heavy atom.